The molecule has 3 heteroatoms. The molecule has 1 aliphatic heterocycles. The maximum atomic E-state index is 13.0. The van der Waals surface area contributed by atoms with Gasteiger partial charge in [0.25, 0.3) is 0 Å². The van der Waals surface area contributed by atoms with E-state index in [1.165, 1.54) is 11.1 Å². The largest absolute Gasteiger partial charge is 0.297 e. The standard InChI is InChI=1S/C18H21FN2/c1-2-14-3-8-18(20-11-14)13-21-10-9-16(12-21)15-4-6-17(19)7-5-15/h3-8,11,16H,2,9-10,12-13H2,1H3/t16-/m1/s1. The highest BCUT2D eigenvalue weighted by molar-refractivity contribution is 5.22. The van der Waals surface area contributed by atoms with Gasteiger partial charge in [-0.3, -0.25) is 9.88 Å². The van der Waals surface area contributed by atoms with Crippen LogP contribution in [-0.2, 0) is 13.0 Å². The summed E-state index contributed by atoms with van der Waals surface area (Å²) in [5, 5.41) is 0. The van der Waals surface area contributed by atoms with Gasteiger partial charge in [0, 0.05) is 19.3 Å². The smallest absolute Gasteiger partial charge is 0.123 e. The lowest BCUT2D eigenvalue weighted by Gasteiger charge is -2.16. The Balaban J connectivity index is 1.60. The summed E-state index contributed by atoms with van der Waals surface area (Å²) in [6.45, 7) is 5.16. The number of pyridine rings is 1. The Bertz CT molecular complexity index is 577. The Hall–Kier alpha value is -1.74. The Kier molecular flexibility index (Phi) is 4.30. The average molecular weight is 284 g/mol. The molecule has 21 heavy (non-hydrogen) atoms. The fourth-order valence-electron chi connectivity index (χ4n) is 2.97. The molecule has 110 valence electrons. The molecule has 2 heterocycles. The van der Waals surface area contributed by atoms with Crippen LogP contribution in [-0.4, -0.2) is 23.0 Å². The van der Waals surface area contributed by atoms with Crippen molar-refractivity contribution >= 4 is 0 Å². The first-order valence-electron chi connectivity index (χ1n) is 7.66. The fraction of sp³-hybridized carbons (Fsp3) is 0.389. The fourth-order valence-corrected chi connectivity index (χ4v) is 2.97. The van der Waals surface area contributed by atoms with Crippen molar-refractivity contribution < 1.29 is 4.39 Å². The van der Waals surface area contributed by atoms with E-state index >= 15 is 0 Å². The lowest BCUT2D eigenvalue weighted by atomic mass is 9.99. The maximum absolute atomic E-state index is 13.0. The predicted octanol–water partition coefficient (Wildman–Crippen LogP) is 3.77. The molecule has 0 radical (unpaired) electrons. The molecular weight excluding hydrogens is 263 g/mol. The highest BCUT2D eigenvalue weighted by Gasteiger charge is 2.23. The maximum Gasteiger partial charge on any atom is 0.123 e. The molecule has 3 rings (SSSR count). The molecule has 1 aliphatic rings. The molecule has 0 unspecified atom stereocenters. The van der Waals surface area contributed by atoms with E-state index in [2.05, 4.69) is 28.9 Å². The highest BCUT2D eigenvalue weighted by atomic mass is 19.1. The van der Waals surface area contributed by atoms with E-state index in [0.29, 0.717) is 5.92 Å². The van der Waals surface area contributed by atoms with Crippen molar-refractivity contribution in [2.24, 2.45) is 0 Å². The van der Waals surface area contributed by atoms with Crippen LogP contribution in [0.4, 0.5) is 4.39 Å². The van der Waals surface area contributed by atoms with Crippen LogP contribution in [0, 0.1) is 5.82 Å². The van der Waals surface area contributed by atoms with Crippen LogP contribution < -0.4 is 0 Å². The van der Waals surface area contributed by atoms with Gasteiger partial charge in [-0.1, -0.05) is 25.1 Å². The summed E-state index contributed by atoms with van der Waals surface area (Å²) < 4.78 is 13.0. The van der Waals surface area contributed by atoms with Gasteiger partial charge in [-0.2, -0.15) is 0 Å². The minimum atomic E-state index is -0.159. The van der Waals surface area contributed by atoms with Crippen molar-refractivity contribution in [3.63, 3.8) is 0 Å². The first-order valence-corrected chi connectivity index (χ1v) is 7.66. The number of aryl methyl sites for hydroxylation is 1. The second-order valence-corrected chi connectivity index (χ2v) is 5.78. The van der Waals surface area contributed by atoms with Crippen LogP contribution in [0.25, 0.3) is 0 Å². The van der Waals surface area contributed by atoms with Crippen molar-refractivity contribution in [2.45, 2.75) is 32.2 Å². The summed E-state index contributed by atoms with van der Waals surface area (Å²) in [4.78, 5) is 6.96. The van der Waals surface area contributed by atoms with Gasteiger partial charge in [-0.25, -0.2) is 4.39 Å². The summed E-state index contributed by atoms with van der Waals surface area (Å²) in [6, 6.07) is 11.2. The van der Waals surface area contributed by atoms with Crippen LogP contribution >= 0.6 is 0 Å². The number of likely N-dealkylation sites (tertiary alicyclic amines) is 1. The predicted molar refractivity (Wildman–Crippen MR) is 82.7 cm³/mol. The van der Waals surface area contributed by atoms with E-state index < -0.39 is 0 Å². The minimum absolute atomic E-state index is 0.159. The van der Waals surface area contributed by atoms with E-state index in [4.69, 9.17) is 0 Å². The molecule has 1 fully saturated rings. The van der Waals surface area contributed by atoms with Gasteiger partial charge in [-0.05, 0) is 54.6 Å². The number of benzene rings is 1. The first-order chi connectivity index (χ1) is 10.2. The SMILES string of the molecule is CCc1ccc(CN2CC[C@@H](c3ccc(F)cc3)C2)nc1. The number of aromatic nitrogens is 1. The first kappa shape index (κ1) is 14.2. The van der Waals surface area contributed by atoms with Gasteiger partial charge in [0.2, 0.25) is 0 Å². The van der Waals surface area contributed by atoms with E-state index in [-0.39, 0.29) is 5.82 Å². The summed E-state index contributed by atoms with van der Waals surface area (Å²) in [6.07, 6.45) is 4.14. The van der Waals surface area contributed by atoms with E-state index in [1.807, 2.05) is 18.3 Å². The molecule has 0 amide bonds. The Labute approximate surface area is 125 Å². The second kappa shape index (κ2) is 6.35. The van der Waals surface area contributed by atoms with E-state index in [0.717, 1.165) is 38.2 Å². The van der Waals surface area contributed by atoms with Crippen LogP contribution in [0.1, 0.15) is 36.1 Å². The lowest BCUT2D eigenvalue weighted by molar-refractivity contribution is 0.322. The molecule has 0 saturated carbocycles. The van der Waals surface area contributed by atoms with Gasteiger partial charge in [0.15, 0.2) is 0 Å². The number of halogens is 1. The number of nitrogens with zero attached hydrogens (tertiary/aromatic N) is 2. The van der Waals surface area contributed by atoms with Gasteiger partial charge in [0.05, 0.1) is 5.69 Å². The molecule has 2 aromatic rings. The molecule has 1 aromatic carbocycles. The normalized spacial score (nSPS) is 19.0. The molecule has 0 spiro atoms. The van der Waals surface area contributed by atoms with Crippen LogP contribution in [0.2, 0.25) is 0 Å². The quantitative estimate of drug-likeness (QED) is 0.849. The molecule has 1 atom stereocenters. The average Bonchev–Trinajstić information content (AvgIpc) is 2.97. The summed E-state index contributed by atoms with van der Waals surface area (Å²) >= 11 is 0. The minimum Gasteiger partial charge on any atom is -0.297 e. The molecular formula is C18H21FN2. The number of hydrogen-bond donors (Lipinski definition) is 0. The molecule has 2 nitrogen and oxygen atoms in total. The van der Waals surface area contributed by atoms with E-state index in [1.54, 1.807) is 12.1 Å². The second-order valence-electron chi connectivity index (χ2n) is 5.78. The molecule has 1 aromatic heterocycles. The van der Waals surface area contributed by atoms with Crippen molar-refractivity contribution in [1.29, 1.82) is 0 Å². The molecule has 1 saturated heterocycles. The molecule has 0 bridgehead atoms. The summed E-state index contributed by atoms with van der Waals surface area (Å²) in [5.41, 5.74) is 3.66. The van der Waals surface area contributed by atoms with Crippen molar-refractivity contribution in [3.8, 4) is 0 Å². The van der Waals surface area contributed by atoms with Gasteiger partial charge in [0.1, 0.15) is 5.82 Å². The van der Waals surface area contributed by atoms with Gasteiger partial charge in [-0.15, -0.1) is 0 Å². The van der Waals surface area contributed by atoms with Crippen LogP contribution in [0.3, 0.4) is 0 Å². The Morgan fingerprint density at radius 2 is 2.00 bits per heavy atom. The zero-order valence-corrected chi connectivity index (χ0v) is 12.4. The van der Waals surface area contributed by atoms with Gasteiger partial charge >= 0.3 is 0 Å². The summed E-state index contributed by atoms with van der Waals surface area (Å²) in [7, 11) is 0. The third-order valence-electron chi connectivity index (χ3n) is 4.29. The summed E-state index contributed by atoms with van der Waals surface area (Å²) in [5.74, 6) is 0.356. The molecule has 0 N–H and O–H groups in total. The zero-order chi connectivity index (χ0) is 14.7. The monoisotopic (exact) mass is 284 g/mol. The third-order valence-corrected chi connectivity index (χ3v) is 4.29. The van der Waals surface area contributed by atoms with Crippen LogP contribution in [0.15, 0.2) is 42.6 Å². The van der Waals surface area contributed by atoms with Crippen molar-refractivity contribution in [2.75, 3.05) is 13.1 Å². The highest BCUT2D eigenvalue weighted by Crippen LogP contribution is 2.28. The third kappa shape index (κ3) is 3.48. The van der Waals surface area contributed by atoms with E-state index in [9.17, 15) is 4.39 Å². The zero-order valence-electron chi connectivity index (χ0n) is 12.4. The molecule has 0 aliphatic carbocycles. The van der Waals surface area contributed by atoms with Crippen molar-refractivity contribution in [1.82, 2.24) is 9.88 Å². The topological polar surface area (TPSA) is 16.1 Å². The lowest BCUT2D eigenvalue weighted by Crippen LogP contribution is -2.20. The number of hydrogen-bond acceptors (Lipinski definition) is 2. The van der Waals surface area contributed by atoms with Crippen molar-refractivity contribution in [3.05, 3.63) is 65.2 Å². The van der Waals surface area contributed by atoms with Crippen LogP contribution in [0.5, 0.6) is 0 Å². The Morgan fingerprint density at radius 3 is 2.67 bits per heavy atom. The number of rotatable bonds is 4. The Morgan fingerprint density at radius 1 is 1.19 bits per heavy atom. The van der Waals surface area contributed by atoms with Gasteiger partial charge < -0.3 is 0 Å².